The van der Waals surface area contributed by atoms with E-state index in [1.54, 1.807) is 0 Å². The summed E-state index contributed by atoms with van der Waals surface area (Å²) in [4.78, 5) is 6.61. The third kappa shape index (κ3) is 2.84. The second kappa shape index (κ2) is 7.66. The minimum Gasteiger partial charge on any atom is -0.431 e. The Morgan fingerprint density at radius 2 is 0.853 bits per heavy atom. The highest BCUT2D eigenvalue weighted by Gasteiger charge is 2.27. The lowest BCUT2D eigenvalue weighted by atomic mass is 10.1. The van der Waals surface area contributed by atoms with E-state index in [-0.39, 0.29) is 0 Å². The molecule has 2 aromatic carbocycles. The maximum absolute atomic E-state index is 15.1. The average Bonchev–Trinajstić information content (AvgIpc) is 3.46. The van der Waals surface area contributed by atoms with Gasteiger partial charge in [-0.3, -0.25) is 0 Å². The van der Waals surface area contributed by atoms with Crippen LogP contribution in [0.3, 0.4) is 0 Å². The Labute approximate surface area is 181 Å². The first-order valence-corrected chi connectivity index (χ1v) is 8.49. The number of oxazole rings is 2. The molecule has 14 heteroatoms. The summed E-state index contributed by atoms with van der Waals surface area (Å²) in [6.07, 6.45) is 0. The van der Waals surface area contributed by atoms with Gasteiger partial charge in [0.15, 0.2) is 68.2 Å². The zero-order valence-corrected chi connectivity index (χ0v) is 15.8. The van der Waals surface area contributed by atoms with Gasteiger partial charge in [-0.05, 0) is 0 Å². The molecule has 0 saturated carbocycles. The van der Waals surface area contributed by atoms with Gasteiger partial charge >= 0.3 is 0 Å². The molecule has 4 aromatic rings. The Morgan fingerprint density at radius 3 is 1.15 bits per heavy atom. The number of hydrogen-bond acceptors (Lipinski definition) is 8. The van der Waals surface area contributed by atoms with Crippen LogP contribution < -0.4 is 11.1 Å². The van der Waals surface area contributed by atoms with Crippen molar-refractivity contribution >= 4 is 33.3 Å². The van der Waals surface area contributed by atoms with Gasteiger partial charge in [-0.15, -0.1) is 0 Å². The van der Waals surface area contributed by atoms with Crippen molar-refractivity contribution in [2.45, 2.75) is 0 Å². The highest BCUT2D eigenvalue weighted by atomic mass is 19.2. The molecule has 0 aliphatic carbocycles. The lowest BCUT2D eigenvalue weighted by Crippen LogP contribution is -2.04. The molecule has 0 aliphatic rings. The normalized spacial score (nSPS) is 11.6. The molecule has 8 nitrogen and oxygen atoms in total. The van der Waals surface area contributed by atoms with Crippen LogP contribution in [0.15, 0.2) is 8.83 Å². The van der Waals surface area contributed by atoms with Crippen molar-refractivity contribution in [3.05, 3.63) is 56.4 Å². The Kier molecular flexibility index (Phi) is 4.93. The number of nitriles is 4. The van der Waals surface area contributed by atoms with E-state index in [4.69, 9.17) is 29.9 Å². The zero-order valence-electron chi connectivity index (χ0n) is 15.8. The summed E-state index contributed by atoms with van der Waals surface area (Å²) in [7, 11) is 0. The van der Waals surface area contributed by atoms with Gasteiger partial charge < -0.3 is 8.83 Å². The van der Waals surface area contributed by atoms with E-state index >= 15 is 8.78 Å². The molecule has 0 saturated heterocycles. The second-order valence-electron chi connectivity index (χ2n) is 6.22. The molecule has 0 spiro atoms. The van der Waals surface area contributed by atoms with Crippen LogP contribution in [0.1, 0.15) is 0 Å². The summed E-state index contributed by atoms with van der Waals surface area (Å²) in [5.41, 5.74) is -8.27. The van der Waals surface area contributed by atoms with E-state index in [1.165, 1.54) is 24.3 Å². The zero-order chi connectivity index (χ0) is 24.9. The second-order valence-corrected chi connectivity index (χ2v) is 6.22. The largest absolute Gasteiger partial charge is 0.431 e. The summed E-state index contributed by atoms with van der Waals surface area (Å²) in [6, 6.07) is 5.28. The van der Waals surface area contributed by atoms with Crippen molar-refractivity contribution < 1.29 is 35.2 Å². The fourth-order valence-corrected chi connectivity index (χ4v) is 2.98. The van der Waals surface area contributed by atoms with E-state index in [1.807, 2.05) is 0 Å². The third-order valence-electron chi connectivity index (χ3n) is 4.46. The standard InChI is InChI=1S/C20F6N6O2/c21-9-7(11(23)17-15(13(9)25)31-19(33-17)5(1-27)2-28)8-10(22)14(26)16-18(12(8)24)34-20(32-16)6(3-29)4-30/b8-7+. The van der Waals surface area contributed by atoms with Gasteiger partial charge in [0, 0.05) is 0 Å². The van der Waals surface area contributed by atoms with E-state index < -0.39 is 89.8 Å². The first kappa shape index (κ1) is 21.9. The molecule has 0 unspecified atom stereocenters. The Bertz CT molecular complexity index is 1810. The summed E-state index contributed by atoms with van der Waals surface area (Å²) >= 11 is 0. The number of benzene rings is 2. The van der Waals surface area contributed by atoms with Gasteiger partial charge in [-0.1, -0.05) is 0 Å². The Morgan fingerprint density at radius 1 is 0.529 bits per heavy atom. The minimum absolute atomic E-state index is 0.849. The van der Waals surface area contributed by atoms with Crippen LogP contribution in [0.5, 0.6) is 0 Å². The van der Waals surface area contributed by atoms with Crippen LogP contribution in [0.4, 0.5) is 26.3 Å². The number of nitrogens with zero attached hydrogens (tertiary/aromatic N) is 6. The van der Waals surface area contributed by atoms with Crippen molar-refractivity contribution in [1.29, 1.82) is 21.0 Å². The van der Waals surface area contributed by atoms with Crippen LogP contribution >= 0.6 is 0 Å². The molecular weight excluding hydrogens is 470 g/mol. The molecule has 164 valence electrons. The van der Waals surface area contributed by atoms with E-state index in [2.05, 4.69) is 9.97 Å². The molecule has 34 heavy (non-hydrogen) atoms. The van der Waals surface area contributed by atoms with Crippen LogP contribution in [-0.2, 0) is 0 Å². The van der Waals surface area contributed by atoms with E-state index in [9.17, 15) is 17.6 Å². The van der Waals surface area contributed by atoms with Crippen molar-refractivity contribution in [3.63, 3.8) is 0 Å². The van der Waals surface area contributed by atoms with Gasteiger partial charge in [0.05, 0.1) is 10.4 Å². The molecule has 0 amide bonds. The number of aromatic nitrogens is 2. The van der Waals surface area contributed by atoms with Crippen molar-refractivity contribution in [2.75, 3.05) is 0 Å². The van der Waals surface area contributed by atoms with E-state index in [0.717, 1.165) is 0 Å². The number of hydrogen-bond donors (Lipinski definition) is 0. The van der Waals surface area contributed by atoms with Crippen LogP contribution in [0.25, 0.3) is 33.3 Å². The number of halogens is 6. The van der Waals surface area contributed by atoms with Crippen molar-refractivity contribution in [3.8, 4) is 24.3 Å². The minimum atomic E-state index is -2.21. The highest BCUT2D eigenvalue weighted by molar-refractivity contribution is 5.79. The monoisotopic (exact) mass is 470 g/mol. The SMILES string of the molecule is N#CC(C#N)=c1nc2c(F)c(F)/c(=c3/c(F)c(F)c4nc(=C(C#N)C#N)oc4c3F)c(F)c2o1. The number of rotatable bonds is 0. The summed E-state index contributed by atoms with van der Waals surface area (Å²) < 4.78 is 98.5. The van der Waals surface area contributed by atoms with Crippen molar-refractivity contribution in [2.24, 2.45) is 0 Å². The predicted octanol–water partition coefficient (Wildman–Crippen LogP) is 2.49. The lowest BCUT2D eigenvalue weighted by Gasteiger charge is -2.02. The predicted molar refractivity (Wildman–Crippen MR) is 94.0 cm³/mol. The molecule has 0 atom stereocenters. The first-order chi connectivity index (χ1) is 16.2. The van der Waals surface area contributed by atoms with Gasteiger partial charge in [0.25, 0.3) is 0 Å². The summed E-state index contributed by atoms with van der Waals surface area (Å²) in [5, 5.41) is 31.8. The smallest absolute Gasteiger partial charge is 0.249 e. The fraction of sp³-hybridized carbons (Fsp3) is 0. The fourth-order valence-electron chi connectivity index (χ4n) is 2.98. The average molecular weight is 470 g/mol. The summed E-state index contributed by atoms with van der Waals surface area (Å²) in [5.74, 6) is -12.3. The maximum Gasteiger partial charge on any atom is 0.249 e. The number of fused-ring (bicyclic) bond motifs is 2. The summed E-state index contributed by atoms with van der Waals surface area (Å²) in [6.45, 7) is 0. The third-order valence-corrected chi connectivity index (χ3v) is 4.46. The molecule has 4 rings (SSSR count). The van der Waals surface area contributed by atoms with Crippen LogP contribution in [-0.4, -0.2) is 9.97 Å². The quantitative estimate of drug-likeness (QED) is 0.281. The van der Waals surface area contributed by atoms with E-state index in [0.29, 0.717) is 0 Å². The molecular formula is C20F6N6O2. The Hall–Kier alpha value is -5.34. The molecule has 0 radical (unpaired) electrons. The molecule has 0 bridgehead atoms. The molecule has 0 fully saturated rings. The van der Waals surface area contributed by atoms with Crippen LogP contribution in [0.2, 0.25) is 0 Å². The van der Waals surface area contributed by atoms with Gasteiger partial charge in [-0.2, -0.15) is 21.0 Å². The topological polar surface area (TPSA) is 147 Å². The van der Waals surface area contributed by atoms with Gasteiger partial charge in [0.1, 0.15) is 24.3 Å². The lowest BCUT2D eigenvalue weighted by molar-refractivity contribution is 0.466. The van der Waals surface area contributed by atoms with Crippen LogP contribution in [0, 0.1) is 90.7 Å². The maximum atomic E-state index is 15.1. The first-order valence-electron chi connectivity index (χ1n) is 8.49. The highest BCUT2D eigenvalue weighted by Crippen LogP contribution is 2.28. The molecule has 2 aromatic heterocycles. The van der Waals surface area contributed by atoms with Gasteiger partial charge in [0.2, 0.25) is 11.1 Å². The molecule has 0 aliphatic heterocycles. The molecule has 0 N–H and O–H groups in total. The van der Waals surface area contributed by atoms with Crippen molar-refractivity contribution in [1.82, 2.24) is 9.97 Å². The van der Waals surface area contributed by atoms with Gasteiger partial charge in [-0.25, -0.2) is 36.3 Å². The Balaban J connectivity index is 2.37. The molecule has 2 heterocycles.